The van der Waals surface area contributed by atoms with E-state index in [1.807, 2.05) is 0 Å². The van der Waals surface area contributed by atoms with Gasteiger partial charge in [0.1, 0.15) is 17.6 Å². The van der Waals surface area contributed by atoms with Crippen molar-refractivity contribution in [3.8, 4) is 11.5 Å². The summed E-state index contributed by atoms with van der Waals surface area (Å²) >= 11 is 0. The van der Waals surface area contributed by atoms with Crippen molar-refractivity contribution in [2.75, 3.05) is 0 Å². The van der Waals surface area contributed by atoms with Crippen molar-refractivity contribution in [2.24, 2.45) is 0 Å². The molecule has 19 heavy (non-hydrogen) atoms. The lowest BCUT2D eigenvalue weighted by atomic mass is 9.93. The molecular formula is C13H14F3NO2. The van der Waals surface area contributed by atoms with Crippen LogP contribution in [0.5, 0.6) is 11.5 Å². The fraction of sp³-hybridized carbons (Fsp3) is 0.538. The number of piperidine rings is 1. The van der Waals surface area contributed by atoms with Crippen molar-refractivity contribution in [3.63, 3.8) is 0 Å². The molecule has 1 N–H and O–H groups in total. The molecule has 1 aromatic rings. The molecule has 0 radical (unpaired) electrons. The first-order chi connectivity index (χ1) is 8.92. The second-order valence-electron chi connectivity index (χ2n) is 5.03. The first-order valence-electron chi connectivity index (χ1n) is 6.25. The molecule has 0 aliphatic carbocycles. The van der Waals surface area contributed by atoms with Gasteiger partial charge in [-0.2, -0.15) is 0 Å². The van der Waals surface area contributed by atoms with Crippen LogP contribution in [-0.2, 0) is 0 Å². The van der Waals surface area contributed by atoms with Crippen molar-refractivity contribution in [2.45, 2.75) is 44.3 Å². The smallest absolute Gasteiger partial charge is 0.488 e. The van der Waals surface area contributed by atoms with E-state index >= 15 is 0 Å². The summed E-state index contributed by atoms with van der Waals surface area (Å²) in [6.07, 6.45) is -2.76. The van der Waals surface area contributed by atoms with Crippen molar-refractivity contribution in [3.05, 3.63) is 23.8 Å². The molecule has 0 amide bonds. The Morgan fingerprint density at radius 1 is 1.32 bits per heavy atom. The number of nitrogens with one attached hydrogen (secondary N) is 1. The Morgan fingerprint density at radius 3 is 2.84 bits per heavy atom. The monoisotopic (exact) mass is 273 g/mol. The highest BCUT2D eigenvalue weighted by Crippen LogP contribution is 2.43. The van der Waals surface area contributed by atoms with Crippen molar-refractivity contribution >= 4 is 0 Å². The van der Waals surface area contributed by atoms with Crippen molar-refractivity contribution < 1.29 is 22.6 Å². The number of fused-ring (bicyclic) bond motifs is 3. The van der Waals surface area contributed by atoms with Crippen LogP contribution >= 0.6 is 0 Å². The molecule has 1 saturated heterocycles. The third-order valence-corrected chi connectivity index (χ3v) is 3.55. The lowest BCUT2D eigenvalue weighted by molar-refractivity contribution is -0.274. The van der Waals surface area contributed by atoms with Gasteiger partial charge >= 0.3 is 6.36 Å². The summed E-state index contributed by atoms with van der Waals surface area (Å²) in [7, 11) is 0. The number of alkyl halides is 3. The standard InChI is InChI=1S/C13H14F3NO2/c1-7-2-5-10-12(17-7)9-4-3-8(6-11(9)18-10)19-13(14,15)16/h3-4,6-7,10,12,17H,2,5H2,1H3/t7-,10+,12+/m1/s1. The molecule has 104 valence electrons. The molecule has 3 rings (SSSR count). The van der Waals surface area contributed by atoms with Crippen LogP contribution in [0.15, 0.2) is 18.2 Å². The van der Waals surface area contributed by atoms with Crippen LogP contribution < -0.4 is 14.8 Å². The summed E-state index contributed by atoms with van der Waals surface area (Å²) in [5.74, 6) is 0.247. The average Bonchev–Trinajstić information content (AvgIpc) is 2.64. The van der Waals surface area contributed by atoms with Crippen molar-refractivity contribution in [1.82, 2.24) is 5.32 Å². The van der Waals surface area contributed by atoms with E-state index in [4.69, 9.17) is 4.74 Å². The Labute approximate surface area is 108 Å². The maximum absolute atomic E-state index is 12.2. The maximum Gasteiger partial charge on any atom is 0.573 e. The number of ether oxygens (including phenoxy) is 2. The van der Waals surface area contributed by atoms with Gasteiger partial charge in [-0.05, 0) is 31.9 Å². The Balaban J connectivity index is 1.84. The van der Waals surface area contributed by atoms with E-state index < -0.39 is 6.36 Å². The topological polar surface area (TPSA) is 30.5 Å². The van der Waals surface area contributed by atoms with Crippen LogP contribution in [0.4, 0.5) is 13.2 Å². The SMILES string of the molecule is C[C@@H]1CC[C@@H]2Oc3cc(OC(F)(F)F)ccc3[C@@H]2N1. The van der Waals surface area contributed by atoms with E-state index in [2.05, 4.69) is 17.0 Å². The van der Waals surface area contributed by atoms with E-state index in [-0.39, 0.29) is 17.9 Å². The van der Waals surface area contributed by atoms with Crippen LogP contribution in [-0.4, -0.2) is 18.5 Å². The summed E-state index contributed by atoms with van der Waals surface area (Å²) in [5, 5.41) is 3.41. The molecule has 3 atom stereocenters. The van der Waals surface area contributed by atoms with Crippen LogP contribution in [0.25, 0.3) is 0 Å². The lowest BCUT2D eigenvalue weighted by Gasteiger charge is -2.30. The molecule has 0 aromatic heterocycles. The zero-order valence-electron chi connectivity index (χ0n) is 10.3. The van der Waals surface area contributed by atoms with E-state index in [1.54, 1.807) is 6.07 Å². The quantitative estimate of drug-likeness (QED) is 0.852. The fourth-order valence-corrected chi connectivity index (χ4v) is 2.73. The predicted octanol–water partition coefficient (Wildman–Crippen LogP) is 3.16. The summed E-state index contributed by atoms with van der Waals surface area (Å²) in [5.41, 5.74) is 0.908. The number of benzene rings is 1. The van der Waals surface area contributed by atoms with Gasteiger partial charge in [0.05, 0.1) is 6.04 Å². The van der Waals surface area contributed by atoms with Crippen LogP contribution in [0.2, 0.25) is 0 Å². The Hall–Kier alpha value is -1.43. The summed E-state index contributed by atoms with van der Waals surface area (Å²) in [6.45, 7) is 2.09. The lowest BCUT2D eigenvalue weighted by Crippen LogP contribution is -2.42. The second-order valence-corrected chi connectivity index (χ2v) is 5.03. The zero-order valence-corrected chi connectivity index (χ0v) is 10.3. The number of halogens is 3. The summed E-state index contributed by atoms with van der Waals surface area (Å²) in [6, 6.07) is 4.75. The van der Waals surface area contributed by atoms with Gasteiger partial charge in [-0.15, -0.1) is 13.2 Å². The van der Waals surface area contributed by atoms with Gasteiger partial charge in [-0.1, -0.05) is 0 Å². The molecule has 3 nitrogen and oxygen atoms in total. The zero-order chi connectivity index (χ0) is 13.6. The molecule has 2 aliphatic heterocycles. The van der Waals surface area contributed by atoms with Crippen LogP contribution in [0.1, 0.15) is 31.4 Å². The number of hydrogen-bond donors (Lipinski definition) is 1. The number of rotatable bonds is 1. The second kappa shape index (κ2) is 4.30. The van der Waals surface area contributed by atoms with Crippen LogP contribution in [0.3, 0.4) is 0 Å². The molecule has 0 unspecified atom stereocenters. The molecule has 0 saturated carbocycles. The third kappa shape index (κ3) is 2.49. The predicted molar refractivity (Wildman–Crippen MR) is 62.1 cm³/mol. The minimum atomic E-state index is -4.67. The molecular weight excluding hydrogens is 259 g/mol. The van der Waals surface area contributed by atoms with E-state index in [1.165, 1.54) is 12.1 Å². The summed E-state index contributed by atoms with van der Waals surface area (Å²) in [4.78, 5) is 0. The normalized spacial score (nSPS) is 29.4. The molecule has 0 bridgehead atoms. The largest absolute Gasteiger partial charge is 0.573 e. The van der Waals surface area contributed by atoms with E-state index in [0.717, 1.165) is 18.4 Å². The molecule has 6 heteroatoms. The molecule has 1 aromatic carbocycles. The minimum Gasteiger partial charge on any atom is -0.488 e. The van der Waals surface area contributed by atoms with Gasteiger partial charge in [-0.25, -0.2) is 0 Å². The fourth-order valence-electron chi connectivity index (χ4n) is 2.73. The average molecular weight is 273 g/mol. The molecule has 2 aliphatic rings. The molecule has 0 spiro atoms. The summed E-state index contributed by atoms with van der Waals surface area (Å²) < 4.78 is 46.1. The van der Waals surface area contributed by atoms with Gasteiger partial charge in [-0.3, -0.25) is 0 Å². The Kier molecular flexibility index (Phi) is 2.85. The van der Waals surface area contributed by atoms with Gasteiger partial charge < -0.3 is 14.8 Å². The Morgan fingerprint density at radius 2 is 2.11 bits per heavy atom. The van der Waals surface area contributed by atoms with E-state index in [0.29, 0.717) is 11.8 Å². The third-order valence-electron chi connectivity index (χ3n) is 3.55. The maximum atomic E-state index is 12.2. The minimum absolute atomic E-state index is 0.00679. The van der Waals surface area contributed by atoms with E-state index in [9.17, 15) is 13.2 Å². The first kappa shape index (κ1) is 12.6. The van der Waals surface area contributed by atoms with Gasteiger partial charge in [0.15, 0.2) is 0 Å². The molecule has 1 fully saturated rings. The Bertz CT molecular complexity index is 489. The van der Waals surface area contributed by atoms with Gasteiger partial charge in [0.25, 0.3) is 0 Å². The van der Waals surface area contributed by atoms with Crippen molar-refractivity contribution in [1.29, 1.82) is 0 Å². The molecule has 2 heterocycles. The van der Waals surface area contributed by atoms with Gasteiger partial charge in [0, 0.05) is 17.7 Å². The first-order valence-corrected chi connectivity index (χ1v) is 6.25. The highest BCUT2D eigenvalue weighted by molar-refractivity contribution is 5.46. The highest BCUT2D eigenvalue weighted by atomic mass is 19.4. The highest BCUT2D eigenvalue weighted by Gasteiger charge is 2.39. The van der Waals surface area contributed by atoms with Gasteiger partial charge in [0.2, 0.25) is 0 Å². The van der Waals surface area contributed by atoms with Crippen LogP contribution in [0, 0.1) is 0 Å². The number of hydrogen-bond acceptors (Lipinski definition) is 3.